The second-order valence-corrected chi connectivity index (χ2v) is 2.48. The molecule has 1 aromatic heterocycles. The van der Waals surface area contributed by atoms with Gasteiger partial charge in [-0.05, 0) is 18.7 Å². The number of nitrogens with two attached hydrogens (primary N) is 2. The van der Waals surface area contributed by atoms with Crippen LogP contribution in [0.2, 0.25) is 0 Å². The van der Waals surface area contributed by atoms with Gasteiger partial charge in [-0.15, -0.1) is 12.8 Å². The van der Waals surface area contributed by atoms with Gasteiger partial charge in [0.1, 0.15) is 0 Å². The summed E-state index contributed by atoms with van der Waals surface area (Å²) in [5.74, 6) is 0.551. The van der Waals surface area contributed by atoms with E-state index in [1.54, 1.807) is 32.4 Å². The highest BCUT2D eigenvalue weighted by Crippen LogP contribution is 2.08. The summed E-state index contributed by atoms with van der Waals surface area (Å²) in [6.07, 6.45) is 9.61. The molecule has 0 aromatic carbocycles. The van der Waals surface area contributed by atoms with E-state index in [4.69, 9.17) is 16.2 Å². The molecule has 0 bridgehead atoms. The van der Waals surface area contributed by atoms with Crippen LogP contribution in [0.1, 0.15) is 6.92 Å². The zero-order chi connectivity index (χ0) is 12.3. The van der Waals surface area contributed by atoms with Crippen LogP contribution in [-0.4, -0.2) is 12.1 Å². The number of methoxy groups -OCH3 is 1. The Kier molecular flexibility index (Phi) is 10.2. The van der Waals surface area contributed by atoms with Gasteiger partial charge >= 0.3 is 0 Å². The molecule has 0 saturated heterocycles. The van der Waals surface area contributed by atoms with Crippen LogP contribution in [0, 0.1) is 12.8 Å². The first kappa shape index (κ1) is 15.3. The lowest BCUT2D eigenvalue weighted by Gasteiger charge is -1.96. The van der Waals surface area contributed by atoms with Gasteiger partial charge in [-0.25, -0.2) is 4.98 Å². The predicted molar refractivity (Wildman–Crippen MR) is 64.1 cm³/mol. The number of terminal acetylenes is 1. The molecule has 4 heteroatoms. The summed E-state index contributed by atoms with van der Waals surface area (Å²) in [6, 6.07) is 3.38. The summed E-state index contributed by atoms with van der Waals surface area (Å²) >= 11 is 0. The van der Waals surface area contributed by atoms with Crippen molar-refractivity contribution in [2.75, 3.05) is 12.8 Å². The van der Waals surface area contributed by atoms with Gasteiger partial charge in [-0.2, -0.15) is 0 Å². The molecule has 0 atom stereocenters. The number of nitrogen functional groups attached to an aromatic ring is 1. The number of pyridine rings is 1. The van der Waals surface area contributed by atoms with Crippen molar-refractivity contribution in [1.29, 1.82) is 0 Å². The number of ether oxygens (including phenoxy) is 1. The van der Waals surface area contributed by atoms with E-state index in [-0.39, 0.29) is 0 Å². The molecule has 0 spiro atoms. The fourth-order valence-corrected chi connectivity index (χ4v) is 0.536. The van der Waals surface area contributed by atoms with Gasteiger partial charge in [0.05, 0.1) is 7.11 Å². The average molecular weight is 207 g/mol. The van der Waals surface area contributed by atoms with Gasteiger partial charge in [0.25, 0.3) is 0 Å². The van der Waals surface area contributed by atoms with Crippen molar-refractivity contribution < 1.29 is 4.74 Å². The topological polar surface area (TPSA) is 74.2 Å². The number of hydrogen-bond acceptors (Lipinski definition) is 4. The van der Waals surface area contributed by atoms with Gasteiger partial charge in [0.15, 0.2) is 0 Å². The number of anilines is 1. The Morgan fingerprint density at radius 3 is 2.27 bits per heavy atom. The number of rotatable bonds is 1. The van der Waals surface area contributed by atoms with E-state index in [2.05, 4.69) is 24.4 Å². The lowest BCUT2D eigenvalue weighted by atomic mass is 10.4. The molecule has 4 nitrogen and oxygen atoms in total. The van der Waals surface area contributed by atoms with Crippen molar-refractivity contribution >= 4 is 5.69 Å². The zero-order valence-corrected chi connectivity index (χ0v) is 9.10. The van der Waals surface area contributed by atoms with Crippen molar-refractivity contribution in [3.8, 4) is 18.7 Å². The van der Waals surface area contributed by atoms with Crippen LogP contribution in [0.3, 0.4) is 0 Å². The van der Waals surface area contributed by atoms with E-state index in [1.165, 1.54) is 0 Å². The maximum Gasteiger partial charge on any atom is 0.214 e. The van der Waals surface area contributed by atoms with Crippen molar-refractivity contribution in [3.63, 3.8) is 0 Å². The van der Waals surface area contributed by atoms with Crippen LogP contribution in [0.25, 0.3) is 0 Å². The van der Waals surface area contributed by atoms with Gasteiger partial charge in [-0.3, -0.25) is 0 Å². The maximum atomic E-state index is 5.41. The van der Waals surface area contributed by atoms with E-state index in [0.717, 1.165) is 0 Å². The van der Waals surface area contributed by atoms with E-state index in [0.29, 0.717) is 17.3 Å². The summed E-state index contributed by atoms with van der Waals surface area (Å²) in [5.41, 5.74) is 11.7. The minimum absolute atomic E-state index is 0.551. The molecule has 0 amide bonds. The van der Waals surface area contributed by atoms with E-state index >= 15 is 0 Å². The van der Waals surface area contributed by atoms with Crippen LogP contribution in [0.5, 0.6) is 5.88 Å². The molecule has 1 heterocycles. The van der Waals surface area contributed by atoms with E-state index < -0.39 is 0 Å². The summed E-state index contributed by atoms with van der Waals surface area (Å²) in [5, 5.41) is 0. The Bertz CT molecular complexity index is 304. The third-order valence-corrected chi connectivity index (χ3v) is 0.968. The highest BCUT2D eigenvalue weighted by Gasteiger charge is 1.88. The Morgan fingerprint density at radius 2 is 2.00 bits per heavy atom. The Balaban J connectivity index is 0. The van der Waals surface area contributed by atoms with Gasteiger partial charge < -0.3 is 16.2 Å². The van der Waals surface area contributed by atoms with Crippen LogP contribution in [0.15, 0.2) is 30.6 Å². The number of aromatic nitrogens is 1. The molecule has 0 aliphatic rings. The monoisotopic (exact) mass is 207 g/mol. The second-order valence-electron chi connectivity index (χ2n) is 2.48. The molecule has 82 valence electrons. The molecule has 15 heavy (non-hydrogen) atoms. The quantitative estimate of drug-likeness (QED) is 0.683. The van der Waals surface area contributed by atoms with Gasteiger partial charge in [-0.1, -0.05) is 6.58 Å². The Morgan fingerprint density at radius 1 is 1.53 bits per heavy atom. The predicted octanol–water partition coefficient (Wildman–Crippen LogP) is 1.40. The van der Waals surface area contributed by atoms with Crippen molar-refractivity contribution in [2.45, 2.75) is 6.92 Å². The fourth-order valence-electron chi connectivity index (χ4n) is 0.536. The third kappa shape index (κ3) is 11.9. The molecule has 0 saturated carbocycles. The first-order valence-corrected chi connectivity index (χ1v) is 4.06. The Labute approximate surface area is 91.0 Å². The highest BCUT2D eigenvalue weighted by molar-refractivity contribution is 5.39. The van der Waals surface area contributed by atoms with Crippen molar-refractivity contribution in [3.05, 3.63) is 30.6 Å². The highest BCUT2D eigenvalue weighted by atomic mass is 16.5. The summed E-state index contributed by atoms with van der Waals surface area (Å²) in [4.78, 5) is 3.86. The van der Waals surface area contributed by atoms with Crippen LogP contribution in [-0.2, 0) is 0 Å². The van der Waals surface area contributed by atoms with Gasteiger partial charge in [0, 0.05) is 18.0 Å². The zero-order valence-electron chi connectivity index (χ0n) is 9.10. The molecule has 0 fully saturated rings. The molecule has 0 aliphatic heterocycles. The van der Waals surface area contributed by atoms with Crippen LogP contribution in [0.4, 0.5) is 5.69 Å². The third-order valence-electron chi connectivity index (χ3n) is 0.968. The van der Waals surface area contributed by atoms with Crippen LogP contribution < -0.4 is 16.2 Å². The number of allylic oxidation sites excluding steroid dienone is 1. The number of hydrogen-bond donors (Lipinski definition) is 2. The Hall–Kier alpha value is -2.15. The van der Waals surface area contributed by atoms with Crippen molar-refractivity contribution in [2.24, 2.45) is 5.73 Å². The van der Waals surface area contributed by atoms with E-state index in [1.807, 2.05) is 0 Å². The van der Waals surface area contributed by atoms with Gasteiger partial charge in [0.2, 0.25) is 5.88 Å². The molecule has 0 radical (unpaired) electrons. The molecule has 4 N–H and O–H groups in total. The minimum Gasteiger partial charge on any atom is -0.481 e. The minimum atomic E-state index is 0.551. The SMILES string of the molecule is C#C.C=C(C)N.COc1cc(N)ccn1. The largest absolute Gasteiger partial charge is 0.481 e. The number of nitrogens with zero attached hydrogens (tertiary/aromatic N) is 1. The summed E-state index contributed by atoms with van der Waals surface area (Å²) in [7, 11) is 1.56. The summed E-state index contributed by atoms with van der Waals surface area (Å²) < 4.78 is 4.80. The maximum absolute atomic E-state index is 5.41. The normalized spacial score (nSPS) is 7.20. The molecular weight excluding hydrogens is 190 g/mol. The lowest BCUT2D eigenvalue weighted by molar-refractivity contribution is 0.398. The summed E-state index contributed by atoms with van der Waals surface area (Å²) in [6.45, 7) is 5.08. The second kappa shape index (κ2) is 9.93. The molecule has 0 unspecified atom stereocenters. The lowest BCUT2D eigenvalue weighted by Crippen LogP contribution is -1.89. The molecule has 1 aromatic rings. The van der Waals surface area contributed by atoms with Crippen LogP contribution >= 0.6 is 0 Å². The first-order chi connectivity index (χ1) is 7.06. The standard InChI is InChI=1S/C6H8N2O.C3H7N.C2H2/c1-9-6-4-5(7)2-3-8-6;1-3(2)4;1-2/h2-4H,1H3,(H2,7,8);1,4H2,2H3;1-2H. The molecular formula is C11H17N3O. The smallest absolute Gasteiger partial charge is 0.214 e. The van der Waals surface area contributed by atoms with Crippen molar-refractivity contribution in [1.82, 2.24) is 4.98 Å². The fraction of sp³-hybridized carbons (Fsp3) is 0.182. The average Bonchev–Trinajstić information content (AvgIpc) is 2.20. The van der Waals surface area contributed by atoms with E-state index in [9.17, 15) is 0 Å². The first-order valence-electron chi connectivity index (χ1n) is 4.06. The molecule has 1 rings (SSSR count). The molecule has 0 aliphatic carbocycles.